The zero-order valence-electron chi connectivity index (χ0n) is 11.8. The van der Waals surface area contributed by atoms with Crippen molar-refractivity contribution in [3.63, 3.8) is 0 Å². The van der Waals surface area contributed by atoms with Crippen molar-refractivity contribution in [3.8, 4) is 0 Å². The van der Waals surface area contributed by atoms with Crippen molar-refractivity contribution in [3.05, 3.63) is 35.0 Å². The molecule has 3 rings (SSSR count). The molecule has 1 aliphatic rings. The van der Waals surface area contributed by atoms with E-state index in [1.807, 2.05) is 11.9 Å². The van der Waals surface area contributed by atoms with E-state index < -0.39 is 0 Å². The number of rotatable bonds is 2. The predicted molar refractivity (Wildman–Crippen MR) is 87.0 cm³/mol. The second-order valence-electron chi connectivity index (χ2n) is 5.19. The Balaban J connectivity index is 0.00000161. The molecule has 0 radical (unpaired) electrons. The third-order valence-electron chi connectivity index (χ3n) is 3.87. The highest BCUT2D eigenvalue weighted by Crippen LogP contribution is 2.28. The Hall–Kier alpha value is -1.17. The minimum absolute atomic E-state index is 0. The molecule has 1 aromatic carbocycles. The molecule has 0 spiro atoms. The topological polar surface area (TPSA) is 32.3 Å². The minimum atomic E-state index is -0.263. The van der Waals surface area contributed by atoms with E-state index in [0.29, 0.717) is 10.9 Å². The van der Waals surface area contributed by atoms with Crippen molar-refractivity contribution < 1.29 is 9.18 Å². The summed E-state index contributed by atoms with van der Waals surface area (Å²) >= 11 is 1.43. The van der Waals surface area contributed by atoms with Gasteiger partial charge >= 0.3 is 0 Å². The van der Waals surface area contributed by atoms with E-state index in [2.05, 4.69) is 5.32 Å². The highest BCUT2D eigenvalue weighted by molar-refractivity contribution is 7.20. The van der Waals surface area contributed by atoms with Crippen molar-refractivity contribution >= 4 is 39.7 Å². The lowest BCUT2D eigenvalue weighted by atomic mass is 10.1. The van der Waals surface area contributed by atoms with Gasteiger partial charge in [0.2, 0.25) is 0 Å². The number of hydrogen-bond acceptors (Lipinski definition) is 3. The molecule has 1 N–H and O–H groups in total. The van der Waals surface area contributed by atoms with Crippen LogP contribution in [0.25, 0.3) is 10.1 Å². The van der Waals surface area contributed by atoms with Crippen LogP contribution >= 0.6 is 23.7 Å². The molecule has 1 saturated heterocycles. The Labute approximate surface area is 133 Å². The molecule has 0 aliphatic carbocycles. The van der Waals surface area contributed by atoms with Gasteiger partial charge in [0.1, 0.15) is 5.82 Å². The molecule has 0 bridgehead atoms. The van der Waals surface area contributed by atoms with E-state index in [-0.39, 0.29) is 24.1 Å². The van der Waals surface area contributed by atoms with E-state index in [1.54, 1.807) is 12.1 Å². The molecular formula is C15H18ClFN2OS. The predicted octanol–water partition coefficient (Wildman–Crippen LogP) is 3.29. The van der Waals surface area contributed by atoms with Gasteiger partial charge < -0.3 is 10.2 Å². The summed E-state index contributed by atoms with van der Waals surface area (Å²) in [6.07, 6.45) is 1.98. The lowest BCUT2D eigenvalue weighted by Crippen LogP contribution is -2.43. The molecule has 6 heteroatoms. The van der Waals surface area contributed by atoms with Gasteiger partial charge in [0.15, 0.2) is 0 Å². The van der Waals surface area contributed by atoms with Crippen LogP contribution in [-0.2, 0) is 0 Å². The van der Waals surface area contributed by atoms with Gasteiger partial charge in [-0.05, 0) is 55.6 Å². The molecule has 114 valence electrons. The zero-order chi connectivity index (χ0) is 14.1. The van der Waals surface area contributed by atoms with Gasteiger partial charge in [-0.2, -0.15) is 0 Å². The molecule has 0 unspecified atom stereocenters. The summed E-state index contributed by atoms with van der Waals surface area (Å²) < 4.78 is 14.2. The molecular weight excluding hydrogens is 311 g/mol. The average Bonchev–Trinajstić information content (AvgIpc) is 2.89. The number of nitrogens with one attached hydrogen (secondary N) is 1. The monoisotopic (exact) mass is 328 g/mol. The summed E-state index contributed by atoms with van der Waals surface area (Å²) in [6.45, 7) is 1.92. The highest BCUT2D eigenvalue weighted by Gasteiger charge is 2.24. The number of thiophene rings is 1. The van der Waals surface area contributed by atoms with Crippen LogP contribution in [0.1, 0.15) is 22.5 Å². The first-order valence-corrected chi connectivity index (χ1v) is 7.64. The van der Waals surface area contributed by atoms with E-state index in [9.17, 15) is 9.18 Å². The maximum absolute atomic E-state index is 13.2. The van der Waals surface area contributed by atoms with E-state index >= 15 is 0 Å². The number of fused-ring (bicyclic) bond motifs is 1. The van der Waals surface area contributed by atoms with Gasteiger partial charge in [0.05, 0.1) is 4.88 Å². The molecule has 2 aromatic rings. The standard InChI is InChI=1S/C15H17FN2OS.ClH/c1-18(12-4-6-17-7-5-12)15(19)14-9-10-8-11(16)2-3-13(10)20-14;/h2-3,8-9,12,17H,4-7H2,1H3;1H. The molecule has 0 atom stereocenters. The number of amides is 1. The Bertz CT molecular complexity index is 640. The summed E-state index contributed by atoms with van der Waals surface area (Å²) in [4.78, 5) is 15.0. The second-order valence-corrected chi connectivity index (χ2v) is 6.27. The van der Waals surface area contributed by atoms with Gasteiger partial charge in [-0.25, -0.2) is 4.39 Å². The number of halogens is 2. The van der Waals surface area contributed by atoms with Crippen molar-refractivity contribution in [1.82, 2.24) is 10.2 Å². The van der Waals surface area contributed by atoms with Gasteiger partial charge in [-0.3, -0.25) is 4.79 Å². The average molecular weight is 329 g/mol. The number of carbonyl (C=O) groups excluding carboxylic acids is 1. The van der Waals surface area contributed by atoms with Gasteiger partial charge in [0.25, 0.3) is 5.91 Å². The van der Waals surface area contributed by atoms with Crippen molar-refractivity contribution in [2.24, 2.45) is 0 Å². The van der Waals surface area contributed by atoms with E-state index in [1.165, 1.54) is 23.5 Å². The first-order valence-electron chi connectivity index (χ1n) is 6.82. The lowest BCUT2D eigenvalue weighted by molar-refractivity contribution is 0.0708. The van der Waals surface area contributed by atoms with Gasteiger partial charge in [-0.15, -0.1) is 23.7 Å². The molecule has 1 aromatic heterocycles. The normalized spacial score (nSPS) is 15.7. The number of carbonyl (C=O) groups is 1. The molecule has 2 heterocycles. The first kappa shape index (κ1) is 16.2. The van der Waals surface area contributed by atoms with Crippen LogP contribution < -0.4 is 5.32 Å². The lowest BCUT2D eigenvalue weighted by Gasteiger charge is -2.31. The molecule has 1 aliphatic heterocycles. The third kappa shape index (κ3) is 3.36. The van der Waals surface area contributed by atoms with E-state index in [0.717, 1.165) is 36.0 Å². The fourth-order valence-electron chi connectivity index (χ4n) is 2.65. The number of piperidine rings is 1. The SMILES string of the molecule is CN(C(=O)c1cc2cc(F)ccc2s1)C1CCNCC1.Cl. The smallest absolute Gasteiger partial charge is 0.263 e. The molecule has 3 nitrogen and oxygen atoms in total. The third-order valence-corrected chi connectivity index (χ3v) is 4.97. The van der Waals surface area contributed by atoms with Crippen LogP contribution in [0.3, 0.4) is 0 Å². The maximum atomic E-state index is 13.2. The quantitative estimate of drug-likeness (QED) is 0.917. The fraction of sp³-hybridized carbons (Fsp3) is 0.400. The fourth-order valence-corrected chi connectivity index (χ4v) is 3.68. The second kappa shape index (κ2) is 6.73. The zero-order valence-corrected chi connectivity index (χ0v) is 13.4. The van der Waals surface area contributed by atoms with Crippen LogP contribution in [0, 0.1) is 5.82 Å². The first-order chi connectivity index (χ1) is 9.65. The van der Waals surface area contributed by atoms with Crippen molar-refractivity contribution in [2.75, 3.05) is 20.1 Å². The Kier molecular flexibility index (Phi) is 5.19. The number of nitrogens with zero attached hydrogens (tertiary/aromatic N) is 1. The molecule has 1 amide bonds. The van der Waals surface area contributed by atoms with Gasteiger partial charge in [0, 0.05) is 17.8 Å². The summed E-state index contributed by atoms with van der Waals surface area (Å²) in [5.41, 5.74) is 0. The molecule has 1 fully saturated rings. The summed E-state index contributed by atoms with van der Waals surface area (Å²) in [5.74, 6) is -0.223. The van der Waals surface area contributed by atoms with E-state index in [4.69, 9.17) is 0 Å². The molecule has 21 heavy (non-hydrogen) atoms. The summed E-state index contributed by atoms with van der Waals surface area (Å²) in [7, 11) is 1.86. The number of benzene rings is 1. The highest BCUT2D eigenvalue weighted by atomic mass is 35.5. The Morgan fingerprint density at radius 1 is 1.33 bits per heavy atom. The van der Waals surface area contributed by atoms with Crippen molar-refractivity contribution in [1.29, 1.82) is 0 Å². The maximum Gasteiger partial charge on any atom is 0.263 e. The van der Waals surface area contributed by atoms with Crippen LogP contribution in [0.15, 0.2) is 24.3 Å². The minimum Gasteiger partial charge on any atom is -0.338 e. The largest absolute Gasteiger partial charge is 0.338 e. The van der Waals surface area contributed by atoms with Gasteiger partial charge in [-0.1, -0.05) is 0 Å². The number of hydrogen-bond donors (Lipinski definition) is 1. The van der Waals surface area contributed by atoms with Crippen LogP contribution in [-0.4, -0.2) is 37.0 Å². The van der Waals surface area contributed by atoms with Crippen LogP contribution in [0.2, 0.25) is 0 Å². The van der Waals surface area contributed by atoms with Crippen LogP contribution in [0.5, 0.6) is 0 Å². The van der Waals surface area contributed by atoms with Crippen molar-refractivity contribution in [2.45, 2.75) is 18.9 Å². The summed E-state index contributed by atoms with van der Waals surface area (Å²) in [5, 5.41) is 4.10. The Morgan fingerprint density at radius 2 is 2.05 bits per heavy atom. The Morgan fingerprint density at radius 3 is 2.76 bits per heavy atom. The summed E-state index contributed by atoms with van der Waals surface area (Å²) in [6, 6.07) is 6.74. The molecule has 0 saturated carbocycles. The van der Waals surface area contributed by atoms with Crippen LogP contribution in [0.4, 0.5) is 4.39 Å².